The highest BCUT2D eigenvalue weighted by Crippen LogP contribution is 2.39. The van der Waals surface area contributed by atoms with Gasteiger partial charge in [-0.2, -0.15) is 0 Å². The van der Waals surface area contributed by atoms with Crippen molar-refractivity contribution in [2.45, 2.75) is 6.92 Å². The van der Waals surface area contributed by atoms with E-state index in [9.17, 15) is 9.59 Å². The number of amides is 1. The normalized spacial score (nSPS) is 13.4. The van der Waals surface area contributed by atoms with E-state index in [2.05, 4.69) is 26.3 Å². The van der Waals surface area contributed by atoms with Gasteiger partial charge in [0.05, 0.1) is 17.1 Å². The monoisotopic (exact) mass is 524 g/mol. The lowest BCUT2D eigenvalue weighted by Gasteiger charge is -2.38. The summed E-state index contributed by atoms with van der Waals surface area (Å²) in [5.41, 5.74) is 4.66. The van der Waals surface area contributed by atoms with E-state index in [4.69, 9.17) is 1.37 Å². The quantitative estimate of drug-likeness (QED) is 0.341. The fraction of sp³-hybridized carbons (Fsp3) is 0.267. The number of aromatic nitrogens is 3. The topological polar surface area (TPSA) is 77.8 Å². The van der Waals surface area contributed by atoms with E-state index in [1.807, 2.05) is 75.4 Å². The van der Waals surface area contributed by atoms with Crippen molar-refractivity contribution in [2.24, 2.45) is 0 Å². The number of nitrogens with zero attached hydrogens (tertiary/aromatic N) is 7. The molecule has 0 fully saturated rings. The molecule has 9 nitrogen and oxygen atoms in total. The van der Waals surface area contributed by atoms with Crippen molar-refractivity contribution in [3.8, 4) is 5.69 Å². The average molecular weight is 525 g/mol. The van der Waals surface area contributed by atoms with Gasteiger partial charge in [-0.1, -0.05) is 18.7 Å². The third-order valence-corrected chi connectivity index (χ3v) is 7.09. The lowest BCUT2D eigenvalue weighted by Crippen LogP contribution is -2.43. The molecule has 5 rings (SSSR count). The zero-order valence-electron chi connectivity index (χ0n) is 23.8. The number of carbonyl (C=O) groups is 1. The van der Waals surface area contributed by atoms with Crippen LogP contribution in [0, 0.1) is 6.92 Å². The Hall–Kier alpha value is -4.50. The molecule has 0 atom stereocenters. The second-order valence-corrected chi connectivity index (χ2v) is 9.95. The van der Waals surface area contributed by atoms with Crippen LogP contribution >= 0.6 is 0 Å². The van der Waals surface area contributed by atoms with Crippen molar-refractivity contribution < 1.29 is 6.17 Å². The summed E-state index contributed by atoms with van der Waals surface area (Å²) in [6.45, 7) is 8.20. The van der Waals surface area contributed by atoms with Crippen LogP contribution in [0.3, 0.4) is 0 Å². The molecule has 2 aromatic carbocycles. The molecule has 0 aliphatic carbocycles. The van der Waals surface area contributed by atoms with Crippen molar-refractivity contribution in [3.63, 3.8) is 0 Å². The molecule has 0 bridgehead atoms. The van der Waals surface area contributed by atoms with E-state index in [1.165, 1.54) is 6.08 Å². The highest BCUT2D eigenvalue weighted by atomic mass is 16.2. The first kappa shape index (κ1) is 24.8. The van der Waals surface area contributed by atoms with Gasteiger partial charge in [0.2, 0.25) is 0 Å². The smallest absolute Gasteiger partial charge is 0.280 e. The summed E-state index contributed by atoms with van der Waals surface area (Å²) in [6.07, 6.45) is 2.72. The Bertz CT molecular complexity index is 1650. The number of hydrogen-bond donors (Lipinski definition) is 0. The number of rotatable bonds is 7. The molecule has 1 amide bonds. The van der Waals surface area contributed by atoms with Crippen LogP contribution < -0.4 is 20.3 Å². The molecule has 0 radical (unpaired) electrons. The first-order chi connectivity index (χ1) is 19.2. The molecular weight excluding hydrogens is 490 g/mol. The van der Waals surface area contributed by atoms with Crippen molar-refractivity contribution in [1.82, 2.24) is 19.4 Å². The van der Waals surface area contributed by atoms with Crippen LogP contribution in [-0.4, -0.2) is 72.7 Å². The number of likely N-dealkylation sites (N-methyl/N-ethyl adjacent to an activating group) is 2. The Morgan fingerprint density at radius 2 is 1.87 bits per heavy atom. The van der Waals surface area contributed by atoms with Crippen molar-refractivity contribution >= 4 is 39.7 Å². The van der Waals surface area contributed by atoms with Crippen LogP contribution in [0.15, 0.2) is 78.5 Å². The average Bonchev–Trinajstić information content (AvgIpc) is 2.95. The van der Waals surface area contributed by atoms with Crippen LogP contribution in [0.1, 0.15) is 6.93 Å². The maximum atomic E-state index is 14.2. The summed E-state index contributed by atoms with van der Waals surface area (Å²) in [6, 6.07) is 15.3. The number of fused-ring (bicyclic) bond motifs is 2. The van der Waals surface area contributed by atoms with Gasteiger partial charge in [-0.05, 0) is 69.1 Å². The van der Waals surface area contributed by atoms with Crippen LogP contribution in [0.4, 0.5) is 22.7 Å². The zero-order chi connectivity index (χ0) is 28.6. The highest BCUT2D eigenvalue weighted by Gasteiger charge is 2.30. The molecule has 0 saturated carbocycles. The van der Waals surface area contributed by atoms with Crippen molar-refractivity contribution in [1.29, 1.82) is 0 Å². The summed E-state index contributed by atoms with van der Waals surface area (Å²) in [4.78, 5) is 43.3. The van der Waals surface area contributed by atoms with Crippen molar-refractivity contribution in [3.05, 3.63) is 89.6 Å². The summed E-state index contributed by atoms with van der Waals surface area (Å²) < 4.78 is 9.57. The number of hydrogen-bond acceptors (Lipinski definition) is 7. The number of anilines is 4. The first-order valence-electron chi connectivity index (χ1n) is 13.4. The second-order valence-electron chi connectivity index (χ2n) is 9.95. The predicted octanol–water partition coefficient (Wildman–Crippen LogP) is 3.76. The summed E-state index contributed by atoms with van der Waals surface area (Å²) >= 11 is 0. The Labute approximate surface area is 229 Å². The third-order valence-electron chi connectivity index (χ3n) is 7.09. The third kappa shape index (κ3) is 4.88. The standard InChI is InChI=1S/C30H33N7O2/c1-6-27(38)36-17-16-35(25-9-7-8-21(2)28(25)36)26-18-22-19-31-20-32-29(22)37(30(26)39)24-12-10-23(11-13-24)34(5)15-14-33(3)4/h6-13,18-20H,1,14-17H2,2-5H3/i20D. The van der Waals surface area contributed by atoms with E-state index in [0.717, 1.165) is 35.7 Å². The number of para-hydroxylation sites is 1. The molecule has 1 aliphatic rings. The minimum atomic E-state index is -0.268. The molecule has 200 valence electrons. The number of aryl methyl sites for hydroxylation is 1. The van der Waals surface area contributed by atoms with E-state index in [1.54, 1.807) is 21.7 Å². The maximum absolute atomic E-state index is 14.2. The van der Waals surface area contributed by atoms with Gasteiger partial charge >= 0.3 is 0 Å². The van der Waals surface area contributed by atoms with Gasteiger partial charge in [0.15, 0.2) is 5.65 Å². The molecule has 9 heteroatoms. The summed E-state index contributed by atoms with van der Waals surface area (Å²) in [5.74, 6) is -0.182. The van der Waals surface area contributed by atoms with Crippen LogP contribution in [0.5, 0.6) is 0 Å². The van der Waals surface area contributed by atoms with Gasteiger partial charge in [-0.3, -0.25) is 14.2 Å². The molecule has 0 unspecified atom stereocenters. The fourth-order valence-electron chi connectivity index (χ4n) is 4.99. The van der Waals surface area contributed by atoms with Crippen LogP contribution in [0.25, 0.3) is 16.7 Å². The number of benzene rings is 2. The molecule has 2 aromatic heterocycles. The van der Waals surface area contributed by atoms with Gasteiger partial charge in [0, 0.05) is 50.5 Å². The molecule has 39 heavy (non-hydrogen) atoms. The maximum Gasteiger partial charge on any atom is 0.280 e. The molecule has 4 aromatic rings. The molecule has 0 N–H and O–H groups in total. The molecule has 3 heterocycles. The number of pyridine rings is 1. The predicted molar refractivity (Wildman–Crippen MR) is 158 cm³/mol. The molecule has 0 saturated heterocycles. The minimum absolute atomic E-state index is 0.161. The lowest BCUT2D eigenvalue weighted by atomic mass is 10.1. The highest BCUT2D eigenvalue weighted by molar-refractivity contribution is 6.05. The molecule has 1 aliphatic heterocycles. The minimum Gasteiger partial charge on any atom is -0.373 e. The first-order valence-corrected chi connectivity index (χ1v) is 12.9. The summed E-state index contributed by atoms with van der Waals surface area (Å²) in [5, 5.41) is 0.636. The fourth-order valence-corrected chi connectivity index (χ4v) is 4.99. The molecule has 0 spiro atoms. The van der Waals surface area contributed by atoms with Crippen molar-refractivity contribution in [2.75, 3.05) is 62.0 Å². The lowest BCUT2D eigenvalue weighted by molar-refractivity contribution is -0.114. The van der Waals surface area contributed by atoms with E-state index in [0.29, 0.717) is 35.5 Å². The van der Waals surface area contributed by atoms with Gasteiger partial charge < -0.3 is 19.6 Å². The summed E-state index contributed by atoms with van der Waals surface area (Å²) in [7, 11) is 6.12. The SMILES string of the molecule is [2H]c1ncc2cc(N3CCN(C(=O)C=C)c4c(C)cccc43)c(=O)n(-c3ccc(N(C)CCN(C)C)cc3)c2n1. The van der Waals surface area contributed by atoms with Gasteiger partial charge in [-0.15, -0.1) is 0 Å². The Morgan fingerprint density at radius 1 is 1.10 bits per heavy atom. The Morgan fingerprint density at radius 3 is 2.59 bits per heavy atom. The van der Waals surface area contributed by atoms with Crippen LogP contribution in [0.2, 0.25) is 0 Å². The Balaban J connectivity index is 1.65. The molecular formula is C30H33N7O2. The number of carbonyl (C=O) groups excluding carboxylic acids is 1. The van der Waals surface area contributed by atoms with Gasteiger partial charge in [-0.25, -0.2) is 9.97 Å². The van der Waals surface area contributed by atoms with Crippen LogP contribution in [-0.2, 0) is 4.79 Å². The Kier molecular flexibility index (Phi) is 6.81. The van der Waals surface area contributed by atoms with Gasteiger partial charge in [0.1, 0.15) is 13.4 Å². The van der Waals surface area contributed by atoms with E-state index in [-0.39, 0.29) is 17.8 Å². The van der Waals surface area contributed by atoms with Gasteiger partial charge in [0.25, 0.3) is 11.5 Å². The van der Waals surface area contributed by atoms with E-state index < -0.39 is 0 Å². The second kappa shape index (κ2) is 10.7. The largest absolute Gasteiger partial charge is 0.373 e. The van der Waals surface area contributed by atoms with E-state index >= 15 is 0 Å². The zero-order valence-corrected chi connectivity index (χ0v) is 22.8.